The first-order chi connectivity index (χ1) is 4.20. The van der Waals surface area contributed by atoms with Crippen molar-refractivity contribution in [1.29, 1.82) is 0 Å². The topological polar surface area (TPSA) is 70.7 Å². The van der Waals surface area contributed by atoms with Crippen LogP contribution < -0.4 is 5.63 Å². The molecule has 0 saturated carbocycles. The molecule has 9 heavy (non-hydrogen) atoms. The lowest BCUT2D eigenvalue weighted by Crippen LogP contribution is -1.94. The summed E-state index contributed by atoms with van der Waals surface area (Å²) in [4.78, 5) is 10.2. The molecule has 0 aromatic carbocycles. The van der Waals surface area contributed by atoms with Gasteiger partial charge in [-0.2, -0.15) is 0 Å². The Morgan fingerprint density at radius 1 is 1.44 bits per heavy atom. The van der Waals surface area contributed by atoms with Crippen LogP contribution in [0.1, 0.15) is 0 Å². The van der Waals surface area contributed by atoms with Crippen LogP contribution >= 0.6 is 0 Å². The quantitative estimate of drug-likeness (QED) is 0.518. The number of hydrogen-bond donors (Lipinski definition) is 2. The van der Waals surface area contributed by atoms with E-state index in [9.17, 15) is 4.79 Å². The van der Waals surface area contributed by atoms with Crippen molar-refractivity contribution in [2.75, 3.05) is 0 Å². The molecule has 2 N–H and O–H groups in total. The molecule has 0 aliphatic carbocycles. The van der Waals surface area contributed by atoms with Crippen LogP contribution in [0, 0.1) is 0 Å². The second kappa shape index (κ2) is 1.81. The molecule has 0 aliphatic heterocycles. The molecule has 0 unspecified atom stereocenters. The fourth-order valence-electron chi connectivity index (χ4n) is 0.407. The fraction of sp³-hybridized carbons (Fsp3) is 0. The summed E-state index contributed by atoms with van der Waals surface area (Å²) >= 11 is 0. The third-order valence-electron chi connectivity index (χ3n) is 0.780. The zero-order valence-corrected chi connectivity index (χ0v) is 4.37. The standard InChI is InChI=1S/C5H4O4/c6-3-1-4(7)5(8)9-2-3/h1-2,6-7H. The molecule has 1 rings (SSSR count). The molecule has 0 radical (unpaired) electrons. The van der Waals surface area contributed by atoms with Crippen molar-refractivity contribution in [1.82, 2.24) is 0 Å². The van der Waals surface area contributed by atoms with Gasteiger partial charge in [-0.25, -0.2) is 4.79 Å². The van der Waals surface area contributed by atoms with Gasteiger partial charge in [0.05, 0.1) is 0 Å². The van der Waals surface area contributed by atoms with E-state index < -0.39 is 11.4 Å². The van der Waals surface area contributed by atoms with E-state index in [2.05, 4.69) is 4.42 Å². The third kappa shape index (κ3) is 1.02. The van der Waals surface area contributed by atoms with E-state index >= 15 is 0 Å². The lowest BCUT2D eigenvalue weighted by atomic mass is 10.5. The van der Waals surface area contributed by atoms with E-state index in [-0.39, 0.29) is 5.75 Å². The Balaban J connectivity index is 3.34. The number of hydrogen-bond acceptors (Lipinski definition) is 4. The summed E-state index contributed by atoms with van der Waals surface area (Å²) < 4.78 is 4.13. The average molecular weight is 128 g/mol. The van der Waals surface area contributed by atoms with E-state index in [1.807, 2.05) is 0 Å². The largest absolute Gasteiger partial charge is 0.505 e. The fourth-order valence-corrected chi connectivity index (χ4v) is 0.407. The smallest absolute Gasteiger partial charge is 0.378 e. The first-order valence-corrected chi connectivity index (χ1v) is 2.21. The second-order valence-corrected chi connectivity index (χ2v) is 1.48. The summed E-state index contributed by atoms with van der Waals surface area (Å²) in [7, 11) is 0. The van der Waals surface area contributed by atoms with Gasteiger partial charge in [-0.05, 0) is 0 Å². The van der Waals surface area contributed by atoms with Gasteiger partial charge in [0.15, 0.2) is 5.75 Å². The highest BCUT2D eigenvalue weighted by Gasteiger charge is 1.97. The zero-order chi connectivity index (χ0) is 6.85. The van der Waals surface area contributed by atoms with Crippen molar-refractivity contribution in [3.05, 3.63) is 22.7 Å². The average Bonchev–Trinajstić information content (AvgIpc) is 1.80. The van der Waals surface area contributed by atoms with Gasteiger partial charge in [-0.1, -0.05) is 0 Å². The van der Waals surface area contributed by atoms with Crippen LogP contribution in [-0.2, 0) is 0 Å². The minimum absolute atomic E-state index is 0.271. The predicted octanol–water partition coefficient (Wildman–Crippen LogP) is 0.0510. The lowest BCUT2D eigenvalue weighted by molar-refractivity contribution is 0.379. The Morgan fingerprint density at radius 2 is 2.11 bits per heavy atom. The van der Waals surface area contributed by atoms with Crippen molar-refractivity contribution in [3.63, 3.8) is 0 Å². The molecule has 0 amide bonds. The molecule has 0 bridgehead atoms. The van der Waals surface area contributed by atoms with Crippen molar-refractivity contribution >= 4 is 0 Å². The first kappa shape index (κ1) is 5.68. The SMILES string of the molecule is O=c1occ(O)cc1O. The van der Waals surface area contributed by atoms with E-state index in [1.165, 1.54) is 0 Å². The van der Waals surface area contributed by atoms with E-state index in [0.717, 1.165) is 12.3 Å². The minimum atomic E-state index is -0.854. The molecule has 0 saturated heterocycles. The summed E-state index contributed by atoms with van der Waals surface area (Å²) in [5.74, 6) is -0.859. The summed E-state index contributed by atoms with van der Waals surface area (Å²) in [5, 5.41) is 17.1. The minimum Gasteiger partial charge on any atom is -0.505 e. The van der Waals surface area contributed by atoms with Crippen LogP contribution in [0.3, 0.4) is 0 Å². The van der Waals surface area contributed by atoms with Gasteiger partial charge in [-0.15, -0.1) is 0 Å². The van der Waals surface area contributed by atoms with Crippen LogP contribution in [0.2, 0.25) is 0 Å². The van der Waals surface area contributed by atoms with Crippen LogP contribution in [0.25, 0.3) is 0 Å². The monoisotopic (exact) mass is 128 g/mol. The van der Waals surface area contributed by atoms with Crippen LogP contribution in [0.4, 0.5) is 0 Å². The summed E-state index contributed by atoms with van der Waals surface area (Å²) in [5.41, 5.74) is -0.854. The van der Waals surface area contributed by atoms with Crippen molar-refractivity contribution in [3.8, 4) is 11.5 Å². The van der Waals surface area contributed by atoms with E-state index in [0.29, 0.717) is 0 Å². The number of aromatic hydroxyl groups is 2. The Morgan fingerprint density at radius 3 is 2.56 bits per heavy atom. The van der Waals surface area contributed by atoms with Crippen LogP contribution in [-0.4, -0.2) is 10.2 Å². The maximum atomic E-state index is 10.2. The van der Waals surface area contributed by atoms with Crippen LogP contribution in [0.15, 0.2) is 21.5 Å². The summed E-state index contributed by atoms with van der Waals surface area (Å²) in [6.07, 6.45) is 0.849. The second-order valence-electron chi connectivity index (χ2n) is 1.48. The first-order valence-electron chi connectivity index (χ1n) is 2.21. The number of rotatable bonds is 0. The maximum Gasteiger partial charge on any atom is 0.378 e. The molecule has 4 heteroatoms. The van der Waals surface area contributed by atoms with E-state index in [4.69, 9.17) is 10.2 Å². The zero-order valence-electron chi connectivity index (χ0n) is 4.37. The van der Waals surface area contributed by atoms with Gasteiger partial charge in [0.25, 0.3) is 0 Å². The highest BCUT2D eigenvalue weighted by Crippen LogP contribution is 2.09. The molecule has 0 spiro atoms. The summed E-state index contributed by atoms with van der Waals surface area (Å²) in [6, 6.07) is 0.909. The molecule has 1 heterocycles. The molecule has 0 atom stereocenters. The molecular formula is C5H4O4. The maximum absolute atomic E-state index is 10.2. The summed E-state index contributed by atoms with van der Waals surface area (Å²) in [6.45, 7) is 0. The Kier molecular flexibility index (Phi) is 1.14. The molecular weight excluding hydrogens is 124 g/mol. The highest BCUT2D eigenvalue weighted by atomic mass is 16.4. The van der Waals surface area contributed by atoms with Crippen molar-refractivity contribution < 1.29 is 14.6 Å². The Bertz CT molecular complexity index is 262. The van der Waals surface area contributed by atoms with Gasteiger partial charge in [0.1, 0.15) is 6.26 Å². The highest BCUT2D eigenvalue weighted by molar-refractivity contribution is 5.23. The molecule has 1 aromatic rings. The molecule has 0 fully saturated rings. The van der Waals surface area contributed by atoms with Crippen molar-refractivity contribution in [2.45, 2.75) is 0 Å². The molecule has 1 aromatic heterocycles. The van der Waals surface area contributed by atoms with Crippen molar-refractivity contribution in [2.24, 2.45) is 0 Å². The molecule has 48 valence electrons. The normalized spacial score (nSPS) is 9.33. The van der Waals surface area contributed by atoms with Gasteiger partial charge >= 0.3 is 5.63 Å². The third-order valence-corrected chi connectivity index (χ3v) is 0.780. The van der Waals surface area contributed by atoms with Crippen LogP contribution in [0.5, 0.6) is 11.5 Å². The van der Waals surface area contributed by atoms with E-state index in [1.54, 1.807) is 0 Å². The van der Waals surface area contributed by atoms with Gasteiger partial charge in [0.2, 0.25) is 5.75 Å². The van der Waals surface area contributed by atoms with Gasteiger partial charge in [0, 0.05) is 6.07 Å². The molecule has 4 nitrogen and oxygen atoms in total. The Hall–Kier alpha value is -1.45. The Labute approximate surface area is 50.0 Å². The molecule has 0 aliphatic rings. The lowest BCUT2D eigenvalue weighted by Gasteiger charge is -1.87. The van der Waals surface area contributed by atoms with Gasteiger partial charge in [-0.3, -0.25) is 0 Å². The predicted molar refractivity (Wildman–Crippen MR) is 28.3 cm³/mol. The van der Waals surface area contributed by atoms with Gasteiger partial charge < -0.3 is 14.6 Å².